The zero-order valence-corrected chi connectivity index (χ0v) is 47.8. The monoisotopic (exact) mass is 1090 g/mol. The molecular weight excluding hydrogens is 1010 g/mol. The number of carboxylic acid groups (broad SMARTS) is 1. The summed E-state index contributed by atoms with van der Waals surface area (Å²) in [6.07, 6.45) is 13.8. The van der Waals surface area contributed by atoms with Gasteiger partial charge in [0.2, 0.25) is 17.7 Å². The van der Waals surface area contributed by atoms with E-state index < -0.39 is 36.1 Å². The second kappa shape index (κ2) is 30.5. The van der Waals surface area contributed by atoms with E-state index >= 15 is 0 Å². The van der Waals surface area contributed by atoms with Crippen molar-refractivity contribution in [2.24, 2.45) is 11.8 Å². The molecule has 2 fully saturated rings. The van der Waals surface area contributed by atoms with E-state index in [0.717, 1.165) is 76.1 Å². The number of nitrogens with zero attached hydrogens (tertiary/aromatic N) is 4. The predicted octanol–water partition coefficient (Wildman–Crippen LogP) is 11.3. The molecule has 15 heteroatoms. The predicted molar refractivity (Wildman–Crippen MR) is 311 cm³/mol. The minimum absolute atomic E-state index is 0.0134. The number of carboxylic acids is 1. The summed E-state index contributed by atoms with van der Waals surface area (Å²) in [5.74, 6) is -1.77. The molecule has 2 aliphatic heterocycles. The number of hydrogen-bond acceptors (Lipinski definition) is 10. The van der Waals surface area contributed by atoms with Crippen molar-refractivity contribution >= 4 is 29.7 Å². The normalized spacial score (nSPS) is 14.6. The lowest BCUT2D eigenvalue weighted by molar-refractivity contribution is -0.146. The molecular formula is C65H80N6O9. The Hall–Kier alpha value is -7.78. The van der Waals surface area contributed by atoms with E-state index in [0.29, 0.717) is 36.9 Å². The quantitative estimate of drug-likeness (QED) is 0.0615. The number of aryl methyl sites for hydroxylation is 4. The van der Waals surface area contributed by atoms with Crippen LogP contribution in [0.4, 0.5) is 0 Å². The zero-order chi connectivity index (χ0) is 57.7. The van der Waals surface area contributed by atoms with E-state index in [2.05, 4.69) is 20.6 Å². The third kappa shape index (κ3) is 18.1. The number of piperidine rings is 1. The number of esters is 1. The van der Waals surface area contributed by atoms with Gasteiger partial charge in [0.1, 0.15) is 18.7 Å². The Morgan fingerprint density at radius 1 is 0.625 bits per heavy atom. The summed E-state index contributed by atoms with van der Waals surface area (Å²) in [6, 6.07) is 27.5. The van der Waals surface area contributed by atoms with E-state index in [-0.39, 0.29) is 54.6 Å². The number of carbonyl (C=O) groups is 5. The van der Waals surface area contributed by atoms with E-state index in [9.17, 15) is 33.9 Å². The fourth-order valence-corrected chi connectivity index (χ4v) is 10.3. The largest absolute Gasteiger partial charge is 0.481 e. The Morgan fingerprint density at radius 2 is 1.14 bits per heavy atom. The number of amides is 3. The Kier molecular flexibility index (Phi) is 23.5. The summed E-state index contributed by atoms with van der Waals surface area (Å²) < 4.78 is 12.0. The molecule has 15 nitrogen and oxygen atoms in total. The second-order valence-corrected chi connectivity index (χ2v) is 21.7. The van der Waals surface area contributed by atoms with Gasteiger partial charge in [0, 0.05) is 74.4 Å². The van der Waals surface area contributed by atoms with Crippen LogP contribution < -0.4 is 16.2 Å². The third-order valence-corrected chi connectivity index (χ3v) is 14.2. The van der Waals surface area contributed by atoms with Crippen molar-refractivity contribution in [1.82, 2.24) is 30.1 Å². The molecule has 0 bridgehead atoms. The molecule has 424 valence electrons. The van der Waals surface area contributed by atoms with Crippen molar-refractivity contribution < 1.29 is 38.6 Å². The number of aliphatic carboxylic acids is 1. The van der Waals surface area contributed by atoms with Crippen LogP contribution in [-0.2, 0) is 40.1 Å². The summed E-state index contributed by atoms with van der Waals surface area (Å²) in [5.41, 5.74) is 10.2. The molecule has 3 aromatic heterocycles. The highest BCUT2D eigenvalue weighted by Gasteiger charge is 2.34. The van der Waals surface area contributed by atoms with Crippen LogP contribution in [0.15, 0.2) is 133 Å². The summed E-state index contributed by atoms with van der Waals surface area (Å²) in [4.78, 5) is 87.7. The number of rotatable bonds is 20. The Bertz CT molecular complexity index is 3030. The molecule has 2 saturated heterocycles. The molecule has 3 N–H and O–H groups in total. The number of carbonyl (C=O) groups excluding carboxylic acids is 4. The molecule has 0 aliphatic carbocycles. The molecule has 80 heavy (non-hydrogen) atoms. The van der Waals surface area contributed by atoms with Gasteiger partial charge in [-0.3, -0.25) is 38.7 Å². The smallest absolute Gasteiger partial charge is 0.308 e. The summed E-state index contributed by atoms with van der Waals surface area (Å²) >= 11 is 0. The number of likely N-dealkylation sites (tertiary alicyclic amines) is 1. The Labute approximate surface area is 471 Å². The lowest BCUT2D eigenvalue weighted by Crippen LogP contribution is -2.52. The van der Waals surface area contributed by atoms with Crippen LogP contribution in [0, 0.1) is 39.5 Å². The number of nitrogens with one attached hydrogen (secondary N) is 2. The standard InChI is InChI=1S/C34H37N3O4.C27H35N3O4.C4H8O/c1-23(2)17-30(37-16-9-8-15-31(37)38)34(40)36-29(19-32(39)41-22-26-13-6-5-7-14-26)27-18-28(21-35-20-27)33-24(3)11-10-12-25(33)4;1-17(2)12-23(30-11-6-5-10-24(30)31)27(34)29-22(14-25(32)33)20-13-21(16-28-15-20)26-18(3)8-7-9-19(26)4;1-2-4-5-3-1/h5-16,18,20-21,23,29-30H,17,19,22H2,1-4H3,(H,36,40);7-9,13,15-17,22-23H,5-6,10-12,14H2,1-4H3,(H,29,34)(H,32,33);1-4H2. The maximum atomic E-state index is 13.8. The fraction of sp³-hybridized carbons (Fsp3) is 0.415. The first-order valence-corrected chi connectivity index (χ1v) is 28.0. The molecule has 4 atom stereocenters. The fourth-order valence-electron chi connectivity index (χ4n) is 10.3. The van der Waals surface area contributed by atoms with Crippen molar-refractivity contribution in [3.63, 3.8) is 0 Å². The minimum atomic E-state index is -1.02. The van der Waals surface area contributed by atoms with Gasteiger partial charge in [0.05, 0.1) is 24.9 Å². The van der Waals surface area contributed by atoms with Crippen molar-refractivity contribution in [1.29, 1.82) is 0 Å². The maximum absolute atomic E-state index is 13.8. The molecule has 0 saturated carbocycles. The van der Waals surface area contributed by atoms with Crippen molar-refractivity contribution in [2.75, 3.05) is 19.8 Å². The van der Waals surface area contributed by atoms with Gasteiger partial charge in [0.25, 0.3) is 5.56 Å². The van der Waals surface area contributed by atoms with E-state index in [4.69, 9.17) is 9.47 Å². The molecule has 3 aromatic carbocycles. The van der Waals surface area contributed by atoms with Gasteiger partial charge in [0.15, 0.2) is 0 Å². The lowest BCUT2D eigenvalue weighted by atomic mass is 9.94. The van der Waals surface area contributed by atoms with Gasteiger partial charge < -0.3 is 34.7 Å². The lowest BCUT2D eigenvalue weighted by Gasteiger charge is -2.35. The molecule has 0 spiro atoms. The SMILES string of the molecule is C1CCOC1.Cc1cccc(C)c1-c1cncc(C(CC(=O)O)NC(=O)C(CC(C)C)N2CCCCC2=O)c1.Cc1cccc(C)c1-c1cncc(C(CC(=O)OCc2ccccc2)NC(=O)C(CC(C)C)n2ccccc2=O)c1. The second-order valence-electron chi connectivity index (χ2n) is 21.7. The number of pyridine rings is 3. The summed E-state index contributed by atoms with van der Waals surface area (Å²) in [5, 5.41) is 15.6. The number of hydrogen-bond donors (Lipinski definition) is 3. The molecule has 8 rings (SSSR count). The van der Waals surface area contributed by atoms with Gasteiger partial charge in [-0.15, -0.1) is 0 Å². The molecule has 5 heterocycles. The average molecular weight is 1090 g/mol. The number of benzene rings is 3. The van der Waals surface area contributed by atoms with Crippen LogP contribution in [0.5, 0.6) is 0 Å². The third-order valence-electron chi connectivity index (χ3n) is 14.2. The molecule has 0 radical (unpaired) electrons. The summed E-state index contributed by atoms with van der Waals surface area (Å²) in [6.45, 7) is 18.9. The van der Waals surface area contributed by atoms with E-state index in [1.54, 1.807) is 48.0 Å². The highest BCUT2D eigenvalue weighted by molar-refractivity contribution is 5.89. The van der Waals surface area contributed by atoms with Crippen LogP contribution in [0.25, 0.3) is 22.3 Å². The molecule has 2 aliphatic rings. The van der Waals surface area contributed by atoms with Gasteiger partial charge in [-0.1, -0.05) is 100 Å². The summed E-state index contributed by atoms with van der Waals surface area (Å²) in [7, 11) is 0. The molecule has 6 aromatic rings. The highest BCUT2D eigenvalue weighted by Crippen LogP contribution is 2.32. The van der Waals surface area contributed by atoms with Crippen molar-refractivity contribution in [3.8, 4) is 22.3 Å². The van der Waals surface area contributed by atoms with Crippen LogP contribution in [-0.4, -0.2) is 80.0 Å². The number of ether oxygens (including phenoxy) is 2. The van der Waals surface area contributed by atoms with Crippen molar-refractivity contribution in [3.05, 3.63) is 177 Å². The first kappa shape index (κ1) is 61.4. The van der Waals surface area contributed by atoms with Crippen LogP contribution in [0.3, 0.4) is 0 Å². The minimum Gasteiger partial charge on any atom is -0.481 e. The zero-order valence-electron chi connectivity index (χ0n) is 47.8. The van der Waals surface area contributed by atoms with Gasteiger partial charge in [-0.05, 0) is 146 Å². The van der Waals surface area contributed by atoms with E-state index in [1.165, 1.54) is 23.5 Å². The first-order valence-electron chi connectivity index (χ1n) is 28.0. The number of aromatic nitrogens is 3. The Morgan fingerprint density at radius 3 is 1.62 bits per heavy atom. The van der Waals surface area contributed by atoms with Gasteiger partial charge in [-0.25, -0.2) is 0 Å². The topological polar surface area (TPSA) is 199 Å². The van der Waals surface area contributed by atoms with Crippen LogP contribution >= 0.6 is 0 Å². The van der Waals surface area contributed by atoms with E-state index in [1.807, 2.05) is 134 Å². The van der Waals surface area contributed by atoms with Crippen LogP contribution in [0.1, 0.15) is 143 Å². The van der Waals surface area contributed by atoms with Crippen molar-refractivity contribution in [2.45, 2.75) is 144 Å². The van der Waals surface area contributed by atoms with Gasteiger partial charge >= 0.3 is 11.9 Å². The maximum Gasteiger partial charge on any atom is 0.308 e. The molecule has 3 amide bonds. The van der Waals surface area contributed by atoms with Crippen LogP contribution in [0.2, 0.25) is 0 Å². The van der Waals surface area contributed by atoms with Gasteiger partial charge in [-0.2, -0.15) is 0 Å². The Balaban J connectivity index is 0.000000240. The highest BCUT2D eigenvalue weighted by atomic mass is 16.5. The first-order chi connectivity index (χ1) is 38.4. The average Bonchev–Trinajstić information content (AvgIpc) is 4.03. The molecule has 4 unspecified atom stereocenters.